The first kappa shape index (κ1) is 15.3. The summed E-state index contributed by atoms with van der Waals surface area (Å²) >= 11 is 7.66. The molecule has 3 heterocycles. The van der Waals surface area contributed by atoms with Crippen molar-refractivity contribution in [3.05, 3.63) is 23.1 Å². The van der Waals surface area contributed by atoms with Gasteiger partial charge in [-0.15, -0.1) is 0 Å². The van der Waals surface area contributed by atoms with E-state index in [1.165, 1.54) is 24.4 Å². The summed E-state index contributed by atoms with van der Waals surface area (Å²) in [7, 11) is 0. The highest BCUT2D eigenvalue weighted by atomic mass is 35.5. The van der Waals surface area contributed by atoms with Gasteiger partial charge in [-0.3, -0.25) is 0 Å². The zero-order chi connectivity index (χ0) is 15.8. The summed E-state index contributed by atoms with van der Waals surface area (Å²) in [6.07, 6.45) is 4.17. The molecule has 1 saturated carbocycles. The molecule has 1 saturated heterocycles. The molecule has 2 N–H and O–H groups in total. The van der Waals surface area contributed by atoms with Gasteiger partial charge in [-0.1, -0.05) is 11.6 Å². The highest BCUT2D eigenvalue weighted by Gasteiger charge is 2.28. The van der Waals surface area contributed by atoms with Crippen LogP contribution in [0.5, 0.6) is 0 Å². The molecule has 6 nitrogen and oxygen atoms in total. The Balaban J connectivity index is 1.57. The average molecular weight is 353 g/mol. The van der Waals surface area contributed by atoms with E-state index in [2.05, 4.69) is 19.7 Å². The van der Waals surface area contributed by atoms with Crippen molar-refractivity contribution in [1.82, 2.24) is 14.3 Å². The van der Waals surface area contributed by atoms with Gasteiger partial charge >= 0.3 is 0 Å². The van der Waals surface area contributed by atoms with Gasteiger partial charge in [-0.25, -0.2) is 9.97 Å². The number of nitrogens with zero attached hydrogens (tertiary/aromatic N) is 3. The summed E-state index contributed by atoms with van der Waals surface area (Å²) in [5, 5.41) is 14.6. The molecule has 23 heavy (non-hydrogen) atoms. The monoisotopic (exact) mass is 352 g/mol. The molecule has 0 amide bonds. The lowest BCUT2D eigenvalue weighted by Crippen LogP contribution is -2.42. The van der Waals surface area contributed by atoms with Crippen molar-refractivity contribution in [3.8, 4) is 10.6 Å². The number of pyridine rings is 1. The fourth-order valence-corrected chi connectivity index (χ4v) is 3.63. The molecule has 2 fully saturated rings. The molecule has 0 bridgehead atoms. The molecular formula is C15H17ClN4O2S. The van der Waals surface area contributed by atoms with Crippen LogP contribution in [0.2, 0.25) is 5.02 Å². The molecule has 1 aliphatic carbocycles. The molecule has 2 aromatic heterocycles. The number of ether oxygens (including phenoxy) is 1. The molecule has 1 aliphatic heterocycles. The van der Waals surface area contributed by atoms with Crippen molar-refractivity contribution in [2.45, 2.75) is 37.3 Å². The number of anilines is 1. The number of halogens is 1. The molecule has 2 aromatic rings. The van der Waals surface area contributed by atoms with Crippen LogP contribution in [-0.2, 0) is 4.74 Å². The quantitative estimate of drug-likeness (QED) is 0.880. The normalized spacial score (nSPS) is 24.6. The van der Waals surface area contributed by atoms with Gasteiger partial charge < -0.3 is 15.2 Å². The van der Waals surface area contributed by atoms with Gasteiger partial charge in [0.05, 0.1) is 23.8 Å². The lowest BCUT2D eigenvalue weighted by molar-refractivity contribution is -0.0135. The van der Waals surface area contributed by atoms with Gasteiger partial charge in [0.25, 0.3) is 0 Å². The second-order valence-electron chi connectivity index (χ2n) is 5.96. The molecule has 0 aromatic carbocycles. The van der Waals surface area contributed by atoms with Gasteiger partial charge in [0.1, 0.15) is 16.6 Å². The van der Waals surface area contributed by atoms with Gasteiger partial charge in [-0.05, 0) is 36.9 Å². The minimum absolute atomic E-state index is 0.0679. The van der Waals surface area contributed by atoms with Crippen molar-refractivity contribution in [2.24, 2.45) is 0 Å². The van der Waals surface area contributed by atoms with Crippen LogP contribution in [0.15, 0.2) is 12.3 Å². The first-order chi connectivity index (χ1) is 11.2. The molecule has 0 spiro atoms. The molecule has 122 valence electrons. The summed E-state index contributed by atoms with van der Waals surface area (Å²) in [6, 6.07) is 1.81. The van der Waals surface area contributed by atoms with E-state index >= 15 is 0 Å². The Morgan fingerprint density at radius 3 is 3.00 bits per heavy atom. The van der Waals surface area contributed by atoms with Crippen LogP contribution < -0.4 is 5.32 Å². The van der Waals surface area contributed by atoms with Gasteiger partial charge in [-0.2, -0.15) is 4.37 Å². The van der Waals surface area contributed by atoms with Crippen LogP contribution in [0, 0.1) is 0 Å². The number of nitrogens with one attached hydrogen (secondary N) is 1. The third-order valence-electron chi connectivity index (χ3n) is 4.13. The van der Waals surface area contributed by atoms with E-state index < -0.39 is 6.10 Å². The van der Waals surface area contributed by atoms with Crippen LogP contribution in [0.3, 0.4) is 0 Å². The summed E-state index contributed by atoms with van der Waals surface area (Å²) in [5.74, 6) is 2.13. The number of aliphatic hydroxyl groups excluding tert-OH is 1. The average Bonchev–Trinajstić information content (AvgIpc) is 3.29. The zero-order valence-corrected chi connectivity index (χ0v) is 14.0. The third-order valence-corrected chi connectivity index (χ3v) is 5.19. The first-order valence-corrected chi connectivity index (χ1v) is 8.87. The number of rotatable bonds is 4. The van der Waals surface area contributed by atoms with Crippen molar-refractivity contribution >= 4 is 29.0 Å². The SMILES string of the molecule is O[C@@H]1COCC[C@H]1Nc1cc(-c2nc(C3CC3)ns2)c(Cl)cn1. The van der Waals surface area contributed by atoms with Crippen molar-refractivity contribution in [2.75, 3.05) is 18.5 Å². The molecular weight excluding hydrogens is 336 g/mol. The Kier molecular flexibility index (Phi) is 4.19. The number of hydrogen-bond acceptors (Lipinski definition) is 7. The zero-order valence-electron chi connectivity index (χ0n) is 12.4. The predicted octanol–water partition coefficient (Wildman–Crippen LogP) is 2.69. The summed E-state index contributed by atoms with van der Waals surface area (Å²) in [5.41, 5.74) is 0.829. The Morgan fingerprint density at radius 2 is 2.22 bits per heavy atom. The van der Waals surface area contributed by atoms with Gasteiger partial charge in [0.15, 0.2) is 0 Å². The molecule has 2 aliphatic rings. The van der Waals surface area contributed by atoms with E-state index in [0.717, 1.165) is 22.8 Å². The van der Waals surface area contributed by atoms with Crippen molar-refractivity contribution in [1.29, 1.82) is 0 Å². The Bertz CT molecular complexity index is 707. The second-order valence-corrected chi connectivity index (χ2v) is 7.12. The fraction of sp³-hybridized carbons (Fsp3) is 0.533. The van der Waals surface area contributed by atoms with Crippen molar-refractivity contribution < 1.29 is 9.84 Å². The maximum absolute atomic E-state index is 9.98. The van der Waals surface area contributed by atoms with Crippen LogP contribution in [0.1, 0.15) is 31.0 Å². The number of hydrogen-bond donors (Lipinski definition) is 2. The Labute approximate surface area is 143 Å². The van der Waals surface area contributed by atoms with E-state index in [1.54, 1.807) is 6.20 Å². The van der Waals surface area contributed by atoms with Crippen molar-refractivity contribution in [3.63, 3.8) is 0 Å². The Hall–Kier alpha value is -1.28. The van der Waals surface area contributed by atoms with Gasteiger partial charge in [0.2, 0.25) is 0 Å². The predicted molar refractivity (Wildman–Crippen MR) is 89.0 cm³/mol. The van der Waals surface area contributed by atoms with Crippen LogP contribution in [0.4, 0.5) is 5.82 Å². The molecule has 4 rings (SSSR count). The third kappa shape index (κ3) is 3.33. The van der Waals surface area contributed by atoms with Gasteiger partial charge in [0, 0.05) is 24.3 Å². The molecule has 2 atom stereocenters. The molecule has 0 unspecified atom stereocenters. The maximum Gasteiger partial charge on any atom is 0.146 e. The van der Waals surface area contributed by atoms with Crippen LogP contribution in [0.25, 0.3) is 10.6 Å². The summed E-state index contributed by atoms with van der Waals surface area (Å²) in [4.78, 5) is 8.91. The van der Waals surface area contributed by atoms with E-state index in [9.17, 15) is 5.11 Å². The highest BCUT2D eigenvalue weighted by Crippen LogP contribution is 2.40. The van der Waals surface area contributed by atoms with E-state index in [-0.39, 0.29) is 6.04 Å². The summed E-state index contributed by atoms with van der Waals surface area (Å²) in [6.45, 7) is 0.982. The van der Waals surface area contributed by atoms with E-state index in [4.69, 9.17) is 16.3 Å². The van der Waals surface area contributed by atoms with Crippen LogP contribution in [-0.4, -0.2) is 44.8 Å². The second kappa shape index (κ2) is 6.32. The standard InChI is InChI=1S/C15H17ClN4O2S/c16-10-6-17-13(18-11-3-4-22-7-12(11)21)5-9(10)15-19-14(20-23-15)8-1-2-8/h5-6,8,11-12,21H,1-4,7H2,(H,17,18)/t11-,12-/m1/s1. The number of aliphatic hydroxyl groups is 1. The topological polar surface area (TPSA) is 80.2 Å². The molecule has 0 radical (unpaired) electrons. The maximum atomic E-state index is 9.98. The van der Waals surface area contributed by atoms with E-state index in [1.807, 2.05) is 6.07 Å². The lowest BCUT2D eigenvalue weighted by atomic mass is 10.1. The smallest absolute Gasteiger partial charge is 0.146 e. The lowest BCUT2D eigenvalue weighted by Gasteiger charge is -2.28. The highest BCUT2D eigenvalue weighted by molar-refractivity contribution is 7.09. The first-order valence-electron chi connectivity index (χ1n) is 7.72. The Morgan fingerprint density at radius 1 is 1.35 bits per heavy atom. The van der Waals surface area contributed by atoms with E-state index in [0.29, 0.717) is 30.0 Å². The molecule has 8 heteroatoms. The minimum Gasteiger partial charge on any atom is -0.389 e. The fourth-order valence-electron chi connectivity index (χ4n) is 2.61. The number of aromatic nitrogens is 3. The van der Waals surface area contributed by atoms with Crippen LogP contribution >= 0.6 is 23.1 Å². The minimum atomic E-state index is -0.535. The largest absolute Gasteiger partial charge is 0.389 e. The summed E-state index contributed by atoms with van der Waals surface area (Å²) < 4.78 is 9.67.